The first-order valence-electron chi connectivity index (χ1n) is 3.86. The van der Waals surface area contributed by atoms with Crippen molar-refractivity contribution >= 4 is 5.91 Å². The molecule has 0 heterocycles. The molecule has 13 heavy (non-hydrogen) atoms. The summed E-state index contributed by atoms with van der Waals surface area (Å²) < 4.78 is 0. The van der Waals surface area contributed by atoms with Crippen LogP contribution in [0.4, 0.5) is 0 Å². The molecule has 0 saturated heterocycles. The number of allylic oxidation sites excluding steroid dienone is 4. The third-order valence-electron chi connectivity index (χ3n) is 1.73. The van der Waals surface area contributed by atoms with Crippen molar-refractivity contribution in [2.24, 2.45) is 11.7 Å². The van der Waals surface area contributed by atoms with E-state index in [4.69, 9.17) is 15.9 Å². The summed E-state index contributed by atoms with van der Waals surface area (Å²) in [5.74, 6) is -0.791. The average Bonchev–Trinajstić information content (AvgIpc) is 2.07. The highest BCUT2D eigenvalue weighted by atomic mass is 16.3. The Bertz CT molecular complexity index is 300. The Morgan fingerprint density at radius 2 is 2.31 bits per heavy atom. The molecule has 0 aliphatic heterocycles. The fourth-order valence-corrected chi connectivity index (χ4v) is 1.06. The van der Waals surface area contributed by atoms with Crippen molar-refractivity contribution in [2.75, 3.05) is 0 Å². The average molecular weight is 181 g/mol. The Labute approximate surface area is 75.7 Å². The molecule has 0 spiro atoms. The van der Waals surface area contributed by atoms with Gasteiger partial charge >= 0.3 is 0 Å². The van der Waals surface area contributed by atoms with Crippen LogP contribution >= 0.6 is 0 Å². The number of nitrogens with two attached hydrogens (primary N) is 1. The maximum Gasteiger partial charge on any atom is 0.241 e. The smallest absolute Gasteiger partial charge is 0.241 e. The summed E-state index contributed by atoms with van der Waals surface area (Å²) in [6.07, 6.45) is 6.21. The van der Waals surface area contributed by atoms with E-state index >= 15 is 0 Å². The minimum absolute atomic E-state index is 0.0679. The fourth-order valence-electron chi connectivity index (χ4n) is 1.06. The first-order valence-corrected chi connectivity index (χ1v) is 3.86. The summed E-state index contributed by atoms with van der Waals surface area (Å²) in [6, 6.07) is 0. The van der Waals surface area contributed by atoms with Crippen LogP contribution in [-0.2, 0) is 4.79 Å². The molecule has 0 fully saturated rings. The molecule has 1 aliphatic carbocycles. The molecule has 0 radical (unpaired) electrons. The number of primary amides is 1. The van der Waals surface area contributed by atoms with Crippen molar-refractivity contribution in [3.63, 3.8) is 0 Å². The lowest BCUT2D eigenvalue weighted by Gasteiger charge is -2.12. The van der Waals surface area contributed by atoms with Crippen LogP contribution < -0.4 is 5.73 Å². The summed E-state index contributed by atoms with van der Waals surface area (Å²) in [6.45, 7) is 0. The van der Waals surface area contributed by atoms with Gasteiger partial charge in [0, 0.05) is 12.3 Å². The number of carbonyl (C=O) groups excluding carboxylic acids is 1. The summed E-state index contributed by atoms with van der Waals surface area (Å²) in [4.78, 5) is 10.4. The predicted molar refractivity (Wildman–Crippen MR) is 47.9 cm³/mol. The molecule has 1 rings (SSSR count). The van der Waals surface area contributed by atoms with Gasteiger partial charge in [-0.05, 0) is 12.2 Å². The van der Waals surface area contributed by atoms with E-state index < -0.39 is 5.91 Å². The van der Waals surface area contributed by atoms with Gasteiger partial charge in [0.1, 0.15) is 5.76 Å². The molecule has 4 nitrogen and oxygen atoms in total. The zero-order valence-electron chi connectivity index (χ0n) is 6.97. The lowest BCUT2D eigenvalue weighted by molar-refractivity contribution is -0.113. The first-order chi connectivity index (χ1) is 6.09. The molecule has 4 heteroatoms. The summed E-state index contributed by atoms with van der Waals surface area (Å²) >= 11 is 0. The Kier molecular flexibility index (Phi) is 2.74. The van der Waals surface area contributed by atoms with E-state index in [0.717, 1.165) is 0 Å². The highest BCUT2D eigenvalue weighted by Crippen LogP contribution is 2.20. The van der Waals surface area contributed by atoms with E-state index in [1.54, 1.807) is 12.2 Å². The van der Waals surface area contributed by atoms with Crippen LogP contribution in [0.25, 0.3) is 0 Å². The van der Waals surface area contributed by atoms with Crippen molar-refractivity contribution in [3.05, 3.63) is 35.8 Å². The summed E-state index contributed by atoms with van der Waals surface area (Å²) in [7, 11) is 0. The van der Waals surface area contributed by atoms with Gasteiger partial charge in [-0.1, -0.05) is 12.2 Å². The van der Waals surface area contributed by atoms with E-state index in [2.05, 4.69) is 0 Å². The zero-order chi connectivity index (χ0) is 9.84. The maximum atomic E-state index is 10.4. The largest absolute Gasteiger partial charge is 0.508 e. The number of hydrogen-bond acceptors (Lipinski definition) is 3. The standard InChI is InChI=1S/C9H11NO3/c10-9(13)4-2-6-1-3-7(11)8(12)5-6/h1-4,6,11-12H,5H2,(H2,10,13). The minimum atomic E-state index is -0.522. The molecule has 0 aromatic carbocycles. The quantitative estimate of drug-likeness (QED) is 0.554. The van der Waals surface area contributed by atoms with Gasteiger partial charge in [-0.3, -0.25) is 4.79 Å². The van der Waals surface area contributed by atoms with Gasteiger partial charge in [0.15, 0.2) is 5.76 Å². The highest BCUT2D eigenvalue weighted by Gasteiger charge is 2.12. The van der Waals surface area contributed by atoms with E-state index in [9.17, 15) is 4.79 Å². The molecule has 1 unspecified atom stereocenters. The van der Waals surface area contributed by atoms with E-state index in [1.165, 1.54) is 12.2 Å². The van der Waals surface area contributed by atoms with Crippen LogP contribution in [0.3, 0.4) is 0 Å². The van der Waals surface area contributed by atoms with Gasteiger partial charge in [0.25, 0.3) is 0 Å². The molecule has 0 aromatic rings. The van der Waals surface area contributed by atoms with Crippen LogP contribution in [0, 0.1) is 5.92 Å². The van der Waals surface area contributed by atoms with Gasteiger partial charge < -0.3 is 15.9 Å². The zero-order valence-corrected chi connectivity index (χ0v) is 6.97. The highest BCUT2D eigenvalue weighted by molar-refractivity contribution is 5.85. The van der Waals surface area contributed by atoms with Gasteiger partial charge in [-0.25, -0.2) is 0 Å². The third kappa shape index (κ3) is 2.66. The van der Waals surface area contributed by atoms with E-state index in [-0.39, 0.29) is 17.4 Å². The van der Waals surface area contributed by atoms with Gasteiger partial charge in [-0.2, -0.15) is 0 Å². The lowest BCUT2D eigenvalue weighted by atomic mass is 9.98. The van der Waals surface area contributed by atoms with E-state index in [0.29, 0.717) is 6.42 Å². The Balaban J connectivity index is 2.61. The summed E-state index contributed by atoms with van der Waals surface area (Å²) in [5, 5.41) is 18.1. The molecule has 1 atom stereocenters. The molecule has 70 valence electrons. The van der Waals surface area contributed by atoms with Crippen LogP contribution in [0.15, 0.2) is 35.8 Å². The number of aliphatic hydroxyl groups excluding tert-OH is 2. The molecule has 0 saturated carbocycles. The molecule has 1 amide bonds. The molecular weight excluding hydrogens is 170 g/mol. The topological polar surface area (TPSA) is 83.6 Å². The minimum Gasteiger partial charge on any atom is -0.508 e. The molecule has 0 bridgehead atoms. The second-order valence-electron chi connectivity index (χ2n) is 2.82. The van der Waals surface area contributed by atoms with Crippen LogP contribution in [0.2, 0.25) is 0 Å². The number of rotatable bonds is 2. The van der Waals surface area contributed by atoms with Crippen LogP contribution in [0.5, 0.6) is 0 Å². The summed E-state index contributed by atoms with van der Waals surface area (Å²) in [5.41, 5.74) is 4.90. The molecule has 4 N–H and O–H groups in total. The normalized spacial score (nSPS) is 22.6. The molecule has 0 aromatic heterocycles. The van der Waals surface area contributed by atoms with Crippen LogP contribution in [0.1, 0.15) is 6.42 Å². The molecular formula is C9H11NO3. The van der Waals surface area contributed by atoms with Crippen molar-refractivity contribution in [1.82, 2.24) is 0 Å². The van der Waals surface area contributed by atoms with Gasteiger partial charge in [0.05, 0.1) is 0 Å². The Hall–Kier alpha value is -1.71. The third-order valence-corrected chi connectivity index (χ3v) is 1.73. The molecule has 1 aliphatic rings. The maximum absolute atomic E-state index is 10.4. The number of aliphatic hydroxyl groups is 2. The number of carbonyl (C=O) groups is 1. The first kappa shape index (κ1) is 9.38. The Morgan fingerprint density at radius 1 is 1.62 bits per heavy atom. The second-order valence-corrected chi connectivity index (χ2v) is 2.82. The fraction of sp³-hybridized carbons (Fsp3) is 0.222. The van der Waals surface area contributed by atoms with Crippen molar-refractivity contribution in [3.8, 4) is 0 Å². The van der Waals surface area contributed by atoms with Crippen LogP contribution in [-0.4, -0.2) is 16.1 Å². The van der Waals surface area contributed by atoms with Gasteiger partial charge in [-0.15, -0.1) is 0 Å². The Morgan fingerprint density at radius 3 is 2.85 bits per heavy atom. The number of hydrogen-bond donors (Lipinski definition) is 3. The van der Waals surface area contributed by atoms with Crippen molar-refractivity contribution in [1.29, 1.82) is 0 Å². The van der Waals surface area contributed by atoms with Gasteiger partial charge in [0.2, 0.25) is 5.91 Å². The monoisotopic (exact) mass is 181 g/mol. The van der Waals surface area contributed by atoms with Crippen molar-refractivity contribution in [2.45, 2.75) is 6.42 Å². The lowest BCUT2D eigenvalue weighted by Crippen LogP contribution is -2.08. The SMILES string of the molecule is NC(=O)C=CC1C=CC(O)=C(O)C1. The van der Waals surface area contributed by atoms with E-state index in [1.807, 2.05) is 0 Å². The second kappa shape index (κ2) is 3.80. The van der Waals surface area contributed by atoms with Crippen molar-refractivity contribution < 1.29 is 15.0 Å². The number of amides is 1. The predicted octanol–water partition coefficient (Wildman–Crippen LogP) is 0.932.